The van der Waals surface area contributed by atoms with E-state index in [4.69, 9.17) is 15.4 Å². The monoisotopic (exact) mass is 332 g/mol. The summed E-state index contributed by atoms with van der Waals surface area (Å²) in [4.78, 5) is 0. The van der Waals surface area contributed by atoms with Crippen LogP contribution in [0.5, 0.6) is 5.75 Å². The maximum absolute atomic E-state index is 11.6. The Kier molecular flexibility index (Phi) is 7.01. The van der Waals surface area contributed by atoms with E-state index in [2.05, 4.69) is 13.8 Å². The summed E-state index contributed by atoms with van der Waals surface area (Å²) in [6.45, 7) is 6.47. The average molecular weight is 333 g/mol. The van der Waals surface area contributed by atoms with Gasteiger partial charge in [-0.25, -0.2) is 8.42 Å². The molecular weight excluding hydrogens is 308 g/mol. The zero-order valence-corrected chi connectivity index (χ0v) is 14.6. The summed E-state index contributed by atoms with van der Waals surface area (Å²) in [6.07, 6.45) is 3.39. The van der Waals surface area contributed by atoms with Gasteiger partial charge in [0.2, 0.25) is 9.05 Å². The SMILES string of the molecule is CCCC(CCC)(COc1ccccc1C)CS(=O)(=O)Cl. The molecule has 0 amide bonds. The van der Waals surface area contributed by atoms with Gasteiger partial charge in [-0.15, -0.1) is 0 Å². The number of ether oxygens (including phenoxy) is 1. The highest BCUT2D eigenvalue weighted by Gasteiger charge is 2.34. The lowest BCUT2D eigenvalue weighted by Gasteiger charge is -2.32. The first-order valence-electron chi connectivity index (χ1n) is 7.42. The molecule has 21 heavy (non-hydrogen) atoms. The lowest BCUT2D eigenvalue weighted by molar-refractivity contribution is 0.141. The van der Waals surface area contributed by atoms with Gasteiger partial charge < -0.3 is 4.74 Å². The summed E-state index contributed by atoms with van der Waals surface area (Å²) in [5.74, 6) is 0.774. The van der Waals surface area contributed by atoms with Crippen LogP contribution in [0.4, 0.5) is 0 Å². The van der Waals surface area contributed by atoms with E-state index >= 15 is 0 Å². The van der Waals surface area contributed by atoms with Crippen LogP contribution in [0.1, 0.15) is 45.1 Å². The van der Waals surface area contributed by atoms with Gasteiger partial charge in [-0.1, -0.05) is 44.9 Å². The lowest BCUT2D eigenvalue weighted by atomic mass is 9.82. The van der Waals surface area contributed by atoms with Crippen LogP contribution in [0.2, 0.25) is 0 Å². The molecule has 0 aliphatic rings. The van der Waals surface area contributed by atoms with E-state index in [9.17, 15) is 8.42 Å². The molecule has 5 heteroatoms. The Bertz CT molecular complexity index is 534. The molecule has 1 aromatic rings. The molecule has 0 spiro atoms. The molecule has 0 bridgehead atoms. The Morgan fingerprint density at radius 2 is 1.71 bits per heavy atom. The minimum atomic E-state index is -3.55. The molecule has 0 aliphatic heterocycles. The highest BCUT2D eigenvalue weighted by molar-refractivity contribution is 8.13. The van der Waals surface area contributed by atoms with Crippen molar-refractivity contribution in [3.63, 3.8) is 0 Å². The second-order valence-corrected chi connectivity index (χ2v) is 8.51. The van der Waals surface area contributed by atoms with Crippen molar-refractivity contribution in [2.75, 3.05) is 12.4 Å². The molecule has 3 nitrogen and oxygen atoms in total. The fourth-order valence-electron chi connectivity index (χ4n) is 2.83. The number of benzene rings is 1. The molecule has 120 valence electrons. The third-order valence-electron chi connectivity index (χ3n) is 3.67. The van der Waals surface area contributed by atoms with Crippen molar-refractivity contribution in [2.24, 2.45) is 5.41 Å². The van der Waals surface area contributed by atoms with Gasteiger partial charge in [0.05, 0.1) is 12.4 Å². The Hall–Kier alpha value is -0.740. The summed E-state index contributed by atoms with van der Waals surface area (Å²) >= 11 is 0. The summed E-state index contributed by atoms with van der Waals surface area (Å²) in [7, 11) is 1.97. The molecular formula is C16H25ClO3S. The van der Waals surface area contributed by atoms with Crippen molar-refractivity contribution in [1.29, 1.82) is 0 Å². The maximum atomic E-state index is 11.6. The lowest BCUT2D eigenvalue weighted by Crippen LogP contribution is -2.35. The van der Waals surface area contributed by atoms with Gasteiger partial charge >= 0.3 is 0 Å². The highest BCUT2D eigenvalue weighted by atomic mass is 35.7. The van der Waals surface area contributed by atoms with E-state index in [-0.39, 0.29) is 5.75 Å². The summed E-state index contributed by atoms with van der Waals surface area (Å²) in [5.41, 5.74) is 0.639. The van der Waals surface area contributed by atoms with Gasteiger partial charge in [-0.2, -0.15) is 0 Å². The zero-order valence-electron chi connectivity index (χ0n) is 13.1. The van der Waals surface area contributed by atoms with Gasteiger partial charge in [0.15, 0.2) is 0 Å². The van der Waals surface area contributed by atoms with Crippen LogP contribution in [0, 0.1) is 12.3 Å². The molecule has 1 aromatic carbocycles. The molecule has 0 aliphatic carbocycles. The Morgan fingerprint density at radius 1 is 1.14 bits per heavy atom. The molecule has 0 atom stereocenters. The number of hydrogen-bond donors (Lipinski definition) is 0. The fraction of sp³-hybridized carbons (Fsp3) is 0.625. The van der Waals surface area contributed by atoms with Crippen molar-refractivity contribution >= 4 is 19.7 Å². The van der Waals surface area contributed by atoms with E-state index in [0.29, 0.717) is 6.61 Å². The first-order chi connectivity index (χ1) is 9.82. The van der Waals surface area contributed by atoms with Gasteiger partial charge in [0.25, 0.3) is 0 Å². The Labute approximate surface area is 133 Å². The number of rotatable bonds is 9. The van der Waals surface area contributed by atoms with Gasteiger partial charge in [0.1, 0.15) is 5.75 Å². The summed E-state index contributed by atoms with van der Waals surface area (Å²) < 4.78 is 29.1. The molecule has 0 saturated heterocycles. The number of para-hydroxylation sites is 1. The average Bonchev–Trinajstić information content (AvgIpc) is 2.36. The topological polar surface area (TPSA) is 43.4 Å². The van der Waals surface area contributed by atoms with Crippen LogP contribution in [-0.2, 0) is 9.05 Å². The minimum absolute atomic E-state index is 0.0326. The molecule has 0 aromatic heterocycles. The second-order valence-electron chi connectivity index (χ2n) is 5.74. The van der Waals surface area contributed by atoms with Crippen molar-refractivity contribution in [1.82, 2.24) is 0 Å². The summed E-state index contributed by atoms with van der Waals surface area (Å²) in [5, 5.41) is 0. The molecule has 0 N–H and O–H groups in total. The standard InChI is InChI=1S/C16H25ClO3S/c1-4-10-16(11-5-2,13-21(17,18)19)12-20-15-9-7-6-8-14(15)3/h6-9H,4-5,10-13H2,1-3H3. The first kappa shape index (κ1) is 18.3. The normalized spacial score (nSPS) is 12.4. The Morgan fingerprint density at radius 3 is 2.19 bits per heavy atom. The van der Waals surface area contributed by atoms with E-state index < -0.39 is 14.5 Å². The van der Waals surface area contributed by atoms with Crippen molar-refractivity contribution in [2.45, 2.75) is 46.5 Å². The van der Waals surface area contributed by atoms with E-state index in [1.807, 2.05) is 31.2 Å². The van der Waals surface area contributed by atoms with Crippen LogP contribution in [-0.4, -0.2) is 20.8 Å². The smallest absolute Gasteiger partial charge is 0.233 e. The van der Waals surface area contributed by atoms with Crippen LogP contribution in [0.3, 0.4) is 0 Å². The molecule has 0 fully saturated rings. The van der Waals surface area contributed by atoms with Crippen molar-refractivity contribution in [3.8, 4) is 5.75 Å². The minimum Gasteiger partial charge on any atom is -0.493 e. The third kappa shape index (κ3) is 6.27. The second kappa shape index (κ2) is 8.04. The third-order valence-corrected chi connectivity index (χ3v) is 4.95. The number of halogens is 1. The van der Waals surface area contributed by atoms with Crippen LogP contribution in [0.15, 0.2) is 24.3 Å². The fourth-order valence-corrected chi connectivity index (χ4v) is 4.63. The molecule has 0 heterocycles. The van der Waals surface area contributed by atoms with Crippen LogP contribution < -0.4 is 4.74 Å². The van der Waals surface area contributed by atoms with E-state index in [1.165, 1.54) is 0 Å². The van der Waals surface area contributed by atoms with E-state index in [0.717, 1.165) is 37.0 Å². The molecule has 0 saturated carbocycles. The molecule has 1 rings (SSSR count). The number of aryl methyl sites for hydroxylation is 1. The van der Waals surface area contributed by atoms with Crippen molar-refractivity contribution < 1.29 is 13.2 Å². The van der Waals surface area contributed by atoms with Crippen LogP contribution >= 0.6 is 10.7 Å². The largest absolute Gasteiger partial charge is 0.493 e. The van der Waals surface area contributed by atoms with Gasteiger partial charge in [-0.3, -0.25) is 0 Å². The maximum Gasteiger partial charge on any atom is 0.233 e. The predicted molar refractivity (Wildman–Crippen MR) is 88.6 cm³/mol. The summed E-state index contributed by atoms with van der Waals surface area (Å²) in [6, 6.07) is 7.76. The van der Waals surface area contributed by atoms with Crippen molar-refractivity contribution in [3.05, 3.63) is 29.8 Å². The van der Waals surface area contributed by atoms with E-state index in [1.54, 1.807) is 0 Å². The number of hydrogen-bond acceptors (Lipinski definition) is 3. The predicted octanol–water partition coefficient (Wildman–Crippen LogP) is 4.53. The highest BCUT2D eigenvalue weighted by Crippen LogP contribution is 2.34. The molecule has 0 unspecified atom stereocenters. The first-order valence-corrected chi connectivity index (χ1v) is 9.90. The van der Waals surface area contributed by atoms with Gasteiger partial charge in [0, 0.05) is 16.1 Å². The quantitative estimate of drug-likeness (QED) is 0.624. The Balaban J connectivity index is 2.92. The zero-order chi connectivity index (χ0) is 15.9. The van der Waals surface area contributed by atoms with Crippen LogP contribution in [0.25, 0.3) is 0 Å². The van der Waals surface area contributed by atoms with Gasteiger partial charge in [-0.05, 0) is 31.4 Å². The molecule has 0 radical (unpaired) electrons.